The van der Waals surface area contributed by atoms with Gasteiger partial charge in [0.05, 0.1) is 5.69 Å². The van der Waals surface area contributed by atoms with Gasteiger partial charge >= 0.3 is 0 Å². The van der Waals surface area contributed by atoms with Gasteiger partial charge in [0.25, 0.3) is 5.91 Å². The number of aliphatic imine (C=N–C) groups is 2. The summed E-state index contributed by atoms with van der Waals surface area (Å²) < 4.78 is 0. The van der Waals surface area contributed by atoms with Crippen LogP contribution in [-0.4, -0.2) is 32.8 Å². The van der Waals surface area contributed by atoms with Gasteiger partial charge in [0.1, 0.15) is 11.9 Å². The van der Waals surface area contributed by atoms with Crippen molar-refractivity contribution in [1.29, 1.82) is 0 Å². The first-order valence-electron chi connectivity index (χ1n) is 12.3. The summed E-state index contributed by atoms with van der Waals surface area (Å²) in [6.07, 6.45) is 2.55. The van der Waals surface area contributed by atoms with E-state index >= 15 is 0 Å². The molecule has 0 bridgehead atoms. The van der Waals surface area contributed by atoms with E-state index in [1.165, 1.54) is 11.1 Å². The van der Waals surface area contributed by atoms with Gasteiger partial charge in [-0.3, -0.25) is 9.79 Å². The number of amides is 1. The number of carbonyl (C=O) groups is 1. The lowest BCUT2D eigenvalue weighted by Crippen LogP contribution is -2.41. The van der Waals surface area contributed by atoms with Crippen molar-refractivity contribution in [2.45, 2.75) is 44.4 Å². The van der Waals surface area contributed by atoms with Crippen molar-refractivity contribution < 1.29 is 4.79 Å². The third-order valence-corrected chi connectivity index (χ3v) is 7.83. The van der Waals surface area contributed by atoms with E-state index in [0.717, 1.165) is 33.5 Å². The lowest BCUT2D eigenvalue weighted by molar-refractivity contribution is -0.124. The van der Waals surface area contributed by atoms with Crippen LogP contribution in [0.2, 0.25) is 0 Å². The van der Waals surface area contributed by atoms with E-state index in [9.17, 15) is 4.79 Å². The number of para-hydroxylation sites is 2. The molecule has 36 heavy (non-hydrogen) atoms. The number of aromatic nitrogens is 1. The van der Waals surface area contributed by atoms with Gasteiger partial charge in [-0.25, -0.2) is 9.89 Å². The number of nitrogens with zero attached hydrogens (tertiary/aromatic N) is 3. The topological polar surface area (TPSA) is 60.8 Å². The van der Waals surface area contributed by atoms with Crippen molar-refractivity contribution in [2.24, 2.45) is 9.98 Å². The molecule has 0 radical (unpaired) electrons. The molecule has 4 aromatic rings. The quantitative estimate of drug-likeness (QED) is 0.349. The molecule has 6 heteroatoms. The van der Waals surface area contributed by atoms with Crippen molar-refractivity contribution in [2.75, 3.05) is 0 Å². The lowest BCUT2D eigenvalue weighted by Gasteiger charge is -2.25. The van der Waals surface area contributed by atoms with Crippen molar-refractivity contribution >= 4 is 45.3 Å². The Kier molecular flexibility index (Phi) is 5.56. The minimum Gasteiger partial charge on any atom is -0.361 e. The minimum atomic E-state index is -0.470. The molecule has 0 saturated carbocycles. The SMILES string of the molecule is CC(C)(C)c1ccc(CSC2=Nc3ccccc3C3=N[C@@H](Cc4c[nH]c5ccccc45)C(=O)N23)cc1. The van der Waals surface area contributed by atoms with Gasteiger partial charge in [-0.15, -0.1) is 0 Å². The third-order valence-electron chi connectivity index (χ3n) is 6.82. The Labute approximate surface area is 215 Å². The molecule has 2 aliphatic rings. The average molecular weight is 493 g/mol. The Balaban J connectivity index is 1.28. The van der Waals surface area contributed by atoms with Crippen LogP contribution in [0.3, 0.4) is 0 Å². The first kappa shape index (κ1) is 22.8. The summed E-state index contributed by atoms with van der Waals surface area (Å²) in [6, 6.07) is 24.4. The average Bonchev–Trinajstić information content (AvgIpc) is 3.44. The number of carbonyl (C=O) groups excluding carboxylic acids is 1. The third kappa shape index (κ3) is 4.05. The van der Waals surface area contributed by atoms with Crippen LogP contribution in [0.1, 0.15) is 43.0 Å². The van der Waals surface area contributed by atoms with Crippen LogP contribution in [0.15, 0.2) is 89.0 Å². The molecule has 1 aromatic heterocycles. The standard InChI is InChI=1S/C30H28N4OS/c1-30(2,3)21-14-12-19(13-15-21)18-36-29-33-25-11-7-5-9-23(25)27-32-26(28(35)34(27)29)16-20-17-31-24-10-6-4-8-22(20)24/h4-15,17,26,31H,16,18H2,1-3H3/t26-/m0/s1. The second kappa shape index (κ2) is 8.79. The minimum absolute atomic E-state index is 0.0147. The van der Waals surface area contributed by atoms with Gasteiger partial charge in [-0.05, 0) is 40.3 Å². The highest BCUT2D eigenvalue weighted by atomic mass is 32.2. The highest BCUT2D eigenvalue weighted by Crippen LogP contribution is 2.35. The van der Waals surface area contributed by atoms with Crippen molar-refractivity contribution in [1.82, 2.24) is 9.88 Å². The number of hydrogen-bond acceptors (Lipinski definition) is 4. The van der Waals surface area contributed by atoms with Crippen LogP contribution in [0.5, 0.6) is 0 Å². The lowest BCUT2D eigenvalue weighted by atomic mass is 9.87. The summed E-state index contributed by atoms with van der Waals surface area (Å²) in [5.74, 6) is 1.43. The zero-order valence-electron chi connectivity index (χ0n) is 20.7. The van der Waals surface area contributed by atoms with E-state index in [1.54, 1.807) is 16.7 Å². The summed E-state index contributed by atoms with van der Waals surface area (Å²) >= 11 is 1.59. The zero-order chi connectivity index (χ0) is 24.9. The summed E-state index contributed by atoms with van der Waals surface area (Å²) in [5, 5.41) is 1.83. The Hall–Kier alpha value is -3.64. The van der Waals surface area contributed by atoms with Gasteiger partial charge in [-0.1, -0.05) is 87.1 Å². The molecule has 6 rings (SSSR count). The largest absolute Gasteiger partial charge is 0.361 e. The highest BCUT2D eigenvalue weighted by molar-refractivity contribution is 8.13. The maximum atomic E-state index is 13.7. The zero-order valence-corrected chi connectivity index (χ0v) is 21.5. The van der Waals surface area contributed by atoms with Crippen LogP contribution in [0.4, 0.5) is 5.69 Å². The number of amidine groups is 2. The van der Waals surface area contributed by atoms with Gasteiger partial charge < -0.3 is 4.98 Å². The highest BCUT2D eigenvalue weighted by Gasteiger charge is 2.41. The maximum Gasteiger partial charge on any atom is 0.259 e. The molecule has 3 aromatic carbocycles. The molecule has 3 heterocycles. The van der Waals surface area contributed by atoms with E-state index in [4.69, 9.17) is 9.98 Å². The molecule has 0 saturated heterocycles. The molecule has 1 amide bonds. The monoisotopic (exact) mass is 492 g/mol. The molecule has 180 valence electrons. The maximum absolute atomic E-state index is 13.7. The second-order valence-corrected chi connectivity index (χ2v) is 11.3. The van der Waals surface area contributed by atoms with Crippen molar-refractivity contribution in [3.05, 3.63) is 101 Å². The smallest absolute Gasteiger partial charge is 0.259 e. The number of hydrogen-bond donors (Lipinski definition) is 1. The molecule has 5 nitrogen and oxygen atoms in total. The van der Waals surface area contributed by atoms with Crippen LogP contribution in [-0.2, 0) is 22.4 Å². The number of benzene rings is 3. The Morgan fingerprint density at radius 2 is 1.72 bits per heavy atom. The number of rotatable bonds is 4. The first-order chi connectivity index (χ1) is 17.4. The molecule has 2 aliphatic heterocycles. The summed E-state index contributed by atoms with van der Waals surface area (Å²) in [4.78, 5) is 28.6. The predicted octanol–water partition coefficient (Wildman–Crippen LogP) is 6.60. The fraction of sp³-hybridized carbons (Fsp3) is 0.233. The fourth-order valence-electron chi connectivity index (χ4n) is 4.79. The van der Waals surface area contributed by atoms with Crippen molar-refractivity contribution in [3.63, 3.8) is 0 Å². The molecule has 1 N–H and O–H groups in total. The first-order valence-corrected chi connectivity index (χ1v) is 13.2. The Morgan fingerprint density at radius 1 is 0.972 bits per heavy atom. The van der Waals surface area contributed by atoms with Crippen molar-refractivity contribution in [3.8, 4) is 0 Å². The van der Waals surface area contributed by atoms with Crippen LogP contribution >= 0.6 is 11.8 Å². The number of aromatic amines is 1. The normalized spacial score (nSPS) is 17.1. The molecule has 1 atom stereocenters. The van der Waals surface area contributed by atoms with Gasteiger partial charge in [0.2, 0.25) is 0 Å². The van der Waals surface area contributed by atoms with E-state index in [-0.39, 0.29) is 11.3 Å². The van der Waals surface area contributed by atoms with E-state index in [1.807, 2.05) is 42.6 Å². The van der Waals surface area contributed by atoms with Crippen LogP contribution in [0, 0.1) is 0 Å². The predicted molar refractivity (Wildman–Crippen MR) is 149 cm³/mol. The van der Waals surface area contributed by atoms with Gasteiger partial charge in [0, 0.05) is 34.8 Å². The molecular weight excluding hydrogens is 464 g/mol. The van der Waals surface area contributed by atoms with Gasteiger partial charge in [-0.2, -0.15) is 0 Å². The Morgan fingerprint density at radius 3 is 2.53 bits per heavy atom. The van der Waals surface area contributed by atoms with Crippen LogP contribution in [0.25, 0.3) is 10.9 Å². The summed E-state index contributed by atoms with van der Waals surface area (Å²) in [7, 11) is 0. The second-order valence-electron chi connectivity index (χ2n) is 10.4. The number of nitrogens with one attached hydrogen (secondary N) is 1. The van der Waals surface area contributed by atoms with Gasteiger partial charge in [0.15, 0.2) is 5.17 Å². The van der Waals surface area contributed by atoms with E-state index < -0.39 is 6.04 Å². The summed E-state index contributed by atoms with van der Waals surface area (Å²) in [5.41, 5.74) is 6.58. The van der Waals surface area contributed by atoms with Crippen LogP contribution < -0.4 is 0 Å². The number of thioether (sulfide) groups is 1. The van der Waals surface area contributed by atoms with E-state index in [0.29, 0.717) is 17.4 Å². The fourth-order valence-corrected chi connectivity index (χ4v) is 5.75. The molecule has 0 aliphatic carbocycles. The number of fused-ring (bicyclic) bond motifs is 4. The molecule has 0 unspecified atom stereocenters. The summed E-state index contributed by atoms with van der Waals surface area (Å²) in [6.45, 7) is 6.66. The molecule has 0 spiro atoms. The molecule has 0 fully saturated rings. The Bertz CT molecular complexity index is 1520. The molecular formula is C30H28N4OS. The van der Waals surface area contributed by atoms with E-state index in [2.05, 4.69) is 62.2 Å². The number of H-pyrrole nitrogens is 1.